The normalized spacial score (nSPS) is 14.7. The van der Waals surface area contributed by atoms with Crippen LogP contribution < -0.4 is 10.6 Å². The third-order valence-corrected chi connectivity index (χ3v) is 5.88. The second kappa shape index (κ2) is 14.0. The summed E-state index contributed by atoms with van der Waals surface area (Å²) in [4.78, 5) is 38.4. The highest BCUT2D eigenvalue weighted by Gasteiger charge is 2.25. The van der Waals surface area contributed by atoms with E-state index >= 15 is 0 Å². The molecule has 0 aliphatic carbocycles. The molecule has 3 rings (SSSR count). The van der Waals surface area contributed by atoms with E-state index in [0.29, 0.717) is 12.1 Å². The standard InChI is InChI=1S/C29H31N3O5/c1-21(34)28(26(35)20-33)31-29(37)24-13-9-22(10-14-24)7-3-4-8-23-11-15-25(16-12-23)30-27(36)19-32-17-5-2-6-18-32/h9-16,21,28,33-34H,2,5-6,17-20H2,1H3,(H,30,36)(H,31,37)/t21-,28+/m1/s1. The lowest BCUT2D eigenvalue weighted by Gasteiger charge is -2.25. The summed E-state index contributed by atoms with van der Waals surface area (Å²) in [6, 6.07) is 12.5. The van der Waals surface area contributed by atoms with Gasteiger partial charge in [-0.15, -0.1) is 0 Å². The third kappa shape index (κ3) is 8.89. The van der Waals surface area contributed by atoms with Gasteiger partial charge in [-0.1, -0.05) is 18.3 Å². The van der Waals surface area contributed by atoms with Gasteiger partial charge in [0, 0.05) is 22.4 Å². The molecular formula is C29H31N3O5. The minimum Gasteiger partial charge on any atom is -0.391 e. The lowest BCUT2D eigenvalue weighted by molar-refractivity contribution is -0.126. The molecule has 0 saturated carbocycles. The number of carbonyl (C=O) groups excluding carboxylic acids is 3. The average Bonchev–Trinajstić information content (AvgIpc) is 2.90. The first-order chi connectivity index (χ1) is 17.9. The Kier molecular flexibility index (Phi) is 10.4. The van der Waals surface area contributed by atoms with Crippen LogP contribution in [0, 0.1) is 23.7 Å². The lowest BCUT2D eigenvalue weighted by atomic mass is 10.1. The molecule has 2 aromatic rings. The van der Waals surface area contributed by atoms with Crippen LogP contribution in [0.2, 0.25) is 0 Å². The van der Waals surface area contributed by atoms with Gasteiger partial charge in [0.05, 0.1) is 12.6 Å². The number of carbonyl (C=O) groups is 3. The van der Waals surface area contributed by atoms with Gasteiger partial charge in [-0.2, -0.15) is 0 Å². The monoisotopic (exact) mass is 501 g/mol. The van der Waals surface area contributed by atoms with Crippen molar-refractivity contribution in [3.63, 3.8) is 0 Å². The summed E-state index contributed by atoms with van der Waals surface area (Å²) < 4.78 is 0. The van der Waals surface area contributed by atoms with Crippen LogP contribution in [-0.4, -0.2) is 71.1 Å². The van der Waals surface area contributed by atoms with Gasteiger partial charge < -0.3 is 20.8 Å². The summed E-state index contributed by atoms with van der Waals surface area (Å²) in [5.41, 5.74) is 2.43. The summed E-state index contributed by atoms with van der Waals surface area (Å²) in [5, 5.41) is 24.0. The number of anilines is 1. The van der Waals surface area contributed by atoms with Gasteiger partial charge in [0.1, 0.15) is 12.6 Å². The Morgan fingerprint density at radius 1 is 0.919 bits per heavy atom. The minimum absolute atomic E-state index is 0.0171. The number of piperidine rings is 1. The molecule has 0 bridgehead atoms. The van der Waals surface area contributed by atoms with E-state index in [1.165, 1.54) is 13.3 Å². The van der Waals surface area contributed by atoms with Crippen molar-refractivity contribution < 1.29 is 24.6 Å². The van der Waals surface area contributed by atoms with Gasteiger partial charge in [0.25, 0.3) is 5.91 Å². The number of nitrogens with one attached hydrogen (secondary N) is 2. The zero-order valence-corrected chi connectivity index (χ0v) is 20.8. The van der Waals surface area contributed by atoms with Crippen LogP contribution in [0.25, 0.3) is 0 Å². The summed E-state index contributed by atoms with van der Waals surface area (Å²) in [6.07, 6.45) is 2.39. The number of hydrogen-bond donors (Lipinski definition) is 4. The second-order valence-corrected chi connectivity index (χ2v) is 8.86. The summed E-state index contributed by atoms with van der Waals surface area (Å²) in [7, 11) is 0. The summed E-state index contributed by atoms with van der Waals surface area (Å²) in [5.74, 6) is 10.2. The molecule has 0 spiro atoms. The van der Waals surface area contributed by atoms with E-state index in [2.05, 4.69) is 39.2 Å². The van der Waals surface area contributed by atoms with E-state index in [0.717, 1.165) is 37.2 Å². The van der Waals surface area contributed by atoms with E-state index in [-0.39, 0.29) is 11.5 Å². The van der Waals surface area contributed by atoms with E-state index < -0.39 is 30.4 Å². The molecule has 1 aliphatic heterocycles. The first kappa shape index (κ1) is 27.6. The molecule has 8 nitrogen and oxygen atoms in total. The highest BCUT2D eigenvalue weighted by atomic mass is 16.3. The molecule has 1 heterocycles. The molecule has 8 heteroatoms. The van der Waals surface area contributed by atoms with Crippen LogP contribution in [0.5, 0.6) is 0 Å². The Morgan fingerprint density at radius 3 is 2.03 bits per heavy atom. The van der Waals surface area contributed by atoms with Gasteiger partial charge in [0.2, 0.25) is 5.91 Å². The van der Waals surface area contributed by atoms with Crippen LogP contribution in [0.1, 0.15) is 47.7 Å². The Bertz CT molecular complexity index is 1210. The molecule has 2 atom stereocenters. The van der Waals surface area contributed by atoms with Crippen LogP contribution in [0.4, 0.5) is 5.69 Å². The molecular weight excluding hydrogens is 470 g/mol. The highest BCUT2D eigenvalue weighted by molar-refractivity contribution is 5.98. The fourth-order valence-electron chi connectivity index (χ4n) is 3.86. The second-order valence-electron chi connectivity index (χ2n) is 8.86. The zero-order valence-electron chi connectivity index (χ0n) is 20.8. The first-order valence-corrected chi connectivity index (χ1v) is 12.2. The van der Waals surface area contributed by atoms with E-state index in [1.807, 2.05) is 24.3 Å². The Balaban J connectivity index is 1.51. The van der Waals surface area contributed by atoms with Crippen molar-refractivity contribution in [3.8, 4) is 23.7 Å². The Morgan fingerprint density at radius 2 is 1.49 bits per heavy atom. The highest BCUT2D eigenvalue weighted by Crippen LogP contribution is 2.11. The van der Waals surface area contributed by atoms with Crippen molar-refractivity contribution in [2.24, 2.45) is 0 Å². The number of amides is 2. The smallest absolute Gasteiger partial charge is 0.251 e. The Hall–Kier alpha value is -3.95. The SMILES string of the molecule is C[C@@H](O)[C@H](NC(=O)c1ccc(C#CC#Cc2ccc(NC(=O)CN3CCCCC3)cc2)cc1)C(=O)CO. The number of benzene rings is 2. The van der Waals surface area contributed by atoms with Gasteiger partial charge in [0.15, 0.2) is 5.78 Å². The van der Waals surface area contributed by atoms with Crippen LogP contribution in [-0.2, 0) is 9.59 Å². The zero-order chi connectivity index (χ0) is 26.6. The predicted molar refractivity (Wildman–Crippen MR) is 141 cm³/mol. The maximum Gasteiger partial charge on any atom is 0.251 e. The molecule has 0 radical (unpaired) electrons. The first-order valence-electron chi connectivity index (χ1n) is 12.2. The minimum atomic E-state index is -1.18. The predicted octanol–water partition coefficient (Wildman–Crippen LogP) is 1.55. The van der Waals surface area contributed by atoms with E-state index in [4.69, 9.17) is 5.11 Å². The van der Waals surface area contributed by atoms with Crippen molar-refractivity contribution in [1.82, 2.24) is 10.2 Å². The molecule has 1 aliphatic rings. The molecule has 4 N–H and O–H groups in total. The molecule has 37 heavy (non-hydrogen) atoms. The largest absolute Gasteiger partial charge is 0.391 e. The fourth-order valence-corrected chi connectivity index (χ4v) is 3.86. The van der Waals surface area contributed by atoms with Crippen molar-refractivity contribution in [1.29, 1.82) is 0 Å². The molecule has 192 valence electrons. The molecule has 2 amide bonds. The van der Waals surface area contributed by atoms with Crippen molar-refractivity contribution in [2.45, 2.75) is 38.3 Å². The van der Waals surface area contributed by atoms with Gasteiger partial charge in [-0.3, -0.25) is 19.3 Å². The molecule has 2 aromatic carbocycles. The van der Waals surface area contributed by atoms with E-state index in [9.17, 15) is 19.5 Å². The van der Waals surface area contributed by atoms with Crippen LogP contribution in [0.3, 0.4) is 0 Å². The van der Waals surface area contributed by atoms with Crippen LogP contribution in [0.15, 0.2) is 48.5 Å². The fraction of sp³-hybridized carbons (Fsp3) is 0.345. The number of ketones is 1. The number of hydrogen-bond acceptors (Lipinski definition) is 6. The lowest BCUT2D eigenvalue weighted by Crippen LogP contribution is -2.48. The average molecular weight is 502 g/mol. The Labute approximate surface area is 217 Å². The van der Waals surface area contributed by atoms with Crippen molar-refractivity contribution >= 4 is 23.3 Å². The number of aliphatic hydroxyl groups excluding tert-OH is 2. The number of Topliss-reactive ketones (excluding diaryl/α,β-unsaturated/α-hetero) is 1. The molecule has 0 aromatic heterocycles. The maximum atomic E-state index is 12.3. The van der Waals surface area contributed by atoms with Gasteiger partial charge in [-0.25, -0.2) is 0 Å². The van der Waals surface area contributed by atoms with Gasteiger partial charge in [-0.05, 0) is 93.2 Å². The van der Waals surface area contributed by atoms with E-state index in [1.54, 1.807) is 24.3 Å². The molecule has 1 saturated heterocycles. The van der Waals surface area contributed by atoms with Crippen LogP contribution >= 0.6 is 0 Å². The van der Waals surface area contributed by atoms with Crippen molar-refractivity contribution in [2.75, 3.05) is 31.6 Å². The molecule has 0 unspecified atom stereocenters. The maximum absolute atomic E-state index is 12.3. The number of likely N-dealkylation sites (tertiary alicyclic amines) is 1. The quantitative estimate of drug-likeness (QED) is 0.408. The third-order valence-electron chi connectivity index (χ3n) is 5.88. The summed E-state index contributed by atoms with van der Waals surface area (Å²) in [6.45, 7) is 2.95. The number of rotatable bonds is 8. The number of nitrogens with zero attached hydrogens (tertiary/aromatic N) is 1. The molecule has 1 fully saturated rings. The topological polar surface area (TPSA) is 119 Å². The van der Waals surface area contributed by atoms with Crippen molar-refractivity contribution in [3.05, 3.63) is 65.2 Å². The van der Waals surface area contributed by atoms with Gasteiger partial charge >= 0.3 is 0 Å². The number of aliphatic hydroxyl groups is 2. The summed E-state index contributed by atoms with van der Waals surface area (Å²) >= 11 is 0.